The lowest BCUT2D eigenvalue weighted by atomic mass is 10.1. The number of aromatic nitrogens is 1. The van der Waals surface area contributed by atoms with Gasteiger partial charge in [-0.05, 0) is 47.9 Å². The van der Waals surface area contributed by atoms with Crippen LogP contribution in [0.25, 0.3) is 10.9 Å². The first kappa shape index (κ1) is 9.64. The van der Waals surface area contributed by atoms with Crippen LogP contribution < -0.4 is 0 Å². The van der Waals surface area contributed by atoms with Crippen LogP contribution in [0, 0.1) is 5.92 Å². The van der Waals surface area contributed by atoms with E-state index in [4.69, 9.17) is 0 Å². The SMILES string of the molecule is O=CCc1ccc2c(ccn2CC2CC2)c1. The first-order valence-electron chi connectivity index (χ1n) is 5.88. The van der Waals surface area contributed by atoms with Crippen LogP contribution in [0.3, 0.4) is 0 Å². The standard InChI is InChI=1S/C14H15NO/c16-8-6-11-3-4-14-13(9-11)5-7-15(14)10-12-1-2-12/h3-5,7-9,12H,1-2,6,10H2. The number of benzene rings is 1. The number of hydrogen-bond acceptors (Lipinski definition) is 1. The largest absolute Gasteiger partial charge is 0.347 e. The Morgan fingerprint density at radius 2 is 2.19 bits per heavy atom. The fourth-order valence-electron chi connectivity index (χ4n) is 2.21. The van der Waals surface area contributed by atoms with Crippen LogP contribution >= 0.6 is 0 Å². The summed E-state index contributed by atoms with van der Waals surface area (Å²) in [6.07, 6.45) is 6.39. The number of aldehydes is 1. The van der Waals surface area contributed by atoms with Crippen molar-refractivity contribution in [3.8, 4) is 0 Å². The van der Waals surface area contributed by atoms with Gasteiger partial charge in [-0.25, -0.2) is 0 Å². The quantitative estimate of drug-likeness (QED) is 0.716. The Kier molecular flexibility index (Phi) is 2.28. The van der Waals surface area contributed by atoms with Crippen molar-refractivity contribution in [3.63, 3.8) is 0 Å². The monoisotopic (exact) mass is 213 g/mol. The van der Waals surface area contributed by atoms with Crippen molar-refractivity contribution < 1.29 is 4.79 Å². The maximum atomic E-state index is 10.5. The van der Waals surface area contributed by atoms with Gasteiger partial charge < -0.3 is 9.36 Å². The van der Waals surface area contributed by atoms with Gasteiger partial charge in [-0.15, -0.1) is 0 Å². The molecule has 1 aliphatic rings. The first-order chi connectivity index (χ1) is 7.86. The molecule has 2 heteroatoms. The summed E-state index contributed by atoms with van der Waals surface area (Å²) in [7, 11) is 0. The second-order valence-corrected chi connectivity index (χ2v) is 4.68. The Hall–Kier alpha value is -1.57. The molecule has 2 nitrogen and oxygen atoms in total. The predicted octanol–water partition coefficient (Wildman–Crippen LogP) is 2.79. The van der Waals surface area contributed by atoms with Gasteiger partial charge in [0.25, 0.3) is 0 Å². The van der Waals surface area contributed by atoms with Gasteiger partial charge in [0, 0.05) is 24.7 Å². The molecule has 0 aliphatic heterocycles. The molecule has 0 bridgehead atoms. The molecule has 2 aromatic rings. The van der Waals surface area contributed by atoms with Crippen LogP contribution in [0.2, 0.25) is 0 Å². The van der Waals surface area contributed by atoms with Gasteiger partial charge >= 0.3 is 0 Å². The molecule has 0 unspecified atom stereocenters. The summed E-state index contributed by atoms with van der Waals surface area (Å²) >= 11 is 0. The van der Waals surface area contributed by atoms with Crippen molar-refractivity contribution in [2.45, 2.75) is 25.8 Å². The highest BCUT2D eigenvalue weighted by Crippen LogP contribution is 2.32. The molecule has 0 atom stereocenters. The second-order valence-electron chi connectivity index (χ2n) is 4.68. The Balaban J connectivity index is 1.96. The Labute approximate surface area is 94.9 Å². The van der Waals surface area contributed by atoms with Crippen molar-refractivity contribution in [2.24, 2.45) is 5.92 Å². The average Bonchev–Trinajstić information content (AvgIpc) is 3.01. The highest BCUT2D eigenvalue weighted by molar-refractivity contribution is 5.81. The normalized spacial score (nSPS) is 15.5. The van der Waals surface area contributed by atoms with Crippen LogP contribution in [0.5, 0.6) is 0 Å². The highest BCUT2D eigenvalue weighted by Gasteiger charge is 2.21. The van der Waals surface area contributed by atoms with Gasteiger partial charge in [0.1, 0.15) is 6.29 Å². The van der Waals surface area contributed by atoms with Gasteiger partial charge in [0.15, 0.2) is 0 Å². The van der Waals surface area contributed by atoms with E-state index in [0.29, 0.717) is 6.42 Å². The van der Waals surface area contributed by atoms with E-state index in [-0.39, 0.29) is 0 Å². The lowest BCUT2D eigenvalue weighted by molar-refractivity contribution is -0.107. The molecule has 16 heavy (non-hydrogen) atoms. The third-order valence-electron chi connectivity index (χ3n) is 3.31. The zero-order chi connectivity index (χ0) is 11.0. The molecule has 0 saturated heterocycles. The molecule has 0 N–H and O–H groups in total. The zero-order valence-corrected chi connectivity index (χ0v) is 9.23. The molecule has 1 fully saturated rings. The lowest BCUT2D eigenvalue weighted by Crippen LogP contribution is -1.97. The van der Waals surface area contributed by atoms with Gasteiger partial charge in [0.05, 0.1) is 0 Å². The summed E-state index contributed by atoms with van der Waals surface area (Å²) < 4.78 is 2.33. The maximum absolute atomic E-state index is 10.5. The van der Waals surface area contributed by atoms with Crippen molar-refractivity contribution in [1.29, 1.82) is 0 Å². The number of carbonyl (C=O) groups excluding carboxylic acids is 1. The minimum Gasteiger partial charge on any atom is -0.347 e. The highest BCUT2D eigenvalue weighted by atomic mass is 16.1. The molecular formula is C14H15NO. The molecule has 0 radical (unpaired) electrons. The summed E-state index contributed by atoms with van der Waals surface area (Å²) in [6.45, 7) is 1.15. The number of fused-ring (bicyclic) bond motifs is 1. The number of nitrogens with zero attached hydrogens (tertiary/aromatic N) is 1. The van der Waals surface area contributed by atoms with Crippen LogP contribution in [0.1, 0.15) is 18.4 Å². The van der Waals surface area contributed by atoms with Crippen LogP contribution in [-0.4, -0.2) is 10.9 Å². The fourth-order valence-corrected chi connectivity index (χ4v) is 2.21. The number of rotatable bonds is 4. The van der Waals surface area contributed by atoms with E-state index in [0.717, 1.165) is 24.3 Å². The van der Waals surface area contributed by atoms with Gasteiger partial charge in [-0.1, -0.05) is 6.07 Å². The maximum Gasteiger partial charge on any atom is 0.124 e. The minimum atomic E-state index is 0.518. The van der Waals surface area contributed by atoms with E-state index in [2.05, 4.69) is 35.0 Å². The van der Waals surface area contributed by atoms with Crippen LogP contribution in [-0.2, 0) is 17.8 Å². The van der Waals surface area contributed by atoms with Crippen LogP contribution in [0.15, 0.2) is 30.5 Å². The Morgan fingerprint density at radius 1 is 1.31 bits per heavy atom. The lowest BCUT2D eigenvalue weighted by Gasteiger charge is -2.04. The van der Waals surface area contributed by atoms with Crippen molar-refractivity contribution in [1.82, 2.24) is 4.57 Å². The molecule has 0 spiro atoms. The third-order valence-corrected chi connectivity index (χ3v) is 3.31. The van der Waals surface area contributed by atoms with Gasteiger partial charge in [-0.2, -0.15) is 0 Å². The van der Waals surface area contributed by atoms with Gasteiger partial charge in [0.2, 0.25) is 0 Å². The number of hydrogen-bond donors (Lipinski definition) is 0. The summed E-state index contributed by atoms with van der Waals surface area (Å²) in [5.74, 6) is 0.894. The average molecular weight is 213 g/mol. The molecule has 0 amide bonds. The van der Waals surface area contributed by atoms with E-state index in [1.165, 1.54) is 23.7 Å². The van der Waals surface area contributed by atoms with E-state index >= 15 is 0 Å². The first-order valence-corrected chi connectivity index (χ1v) is 5.88. The minimum absolute atomic E-state index is 0.518. The topological polar surface area (TPSA) is 22.0 Å². The van der Waals surface area contributed by atoms with Crippen molar-refractivity contribution in [3.05, 3.63) is 36.0 Å². The second kappa shape index (κ2) is 3.78. The summed E-state index contributed by atoms with van der Waals surface area (Å²) in [5.41, 5.74) is 2.40. The Bertz CT molecular complexity index is 523. The van der Waals surface area contributed by atoms with E-state index in [1.807, 2.05) is 0 Å². The molecule has 3 rings (SSSR count). The molecule has 1 aliphatic carbocycles. The van der Waals surface area contributed by atoms with E-state index < -0.39 is 0 Å². The molecule has 1 aromatic heterocycles. The predicted molar refractivity (Wildman–Crippen MR) is 64.4 cm³/mol. The smallest absolute Gasteiger partial charge is 0.124 e. The summed E-state index contributed by atoms with van der Waals surface area (Å²) in [4.78, 5) is 10.5. The zero-order valence-electron chi connectivity index (χ0n) is 9.23. The Morgan fingerprint density at radius 3 is 2.94 bits per heavy atom. The van der Waals surface area contributed by atoms with Crippen molar-refractivity contribution >= 4 is 17.2 Å². The molecule has 1 aromatic carbocycles. The fraction of sp³-hybridized carbons (Fsp3) is 0.357. The van der Waals surface area contributed by atoms with Crippen LogP contribution in [0.4, 0.5) is 0 Å². The molecule has 1 saturated carbocycles. The third kappa shape index (κ3) is 1.75. The molecular weight excluding hydrogens is 198 g/mol. The summed E-state index contributed by atoms with van der Waals surface area (Å²) in [5, 5.41) is 1.25. The van der Waals surface area contributed by atoms with Gasteiger partial charge in [-0.3, -0.25) is 0 Å². The van der Waals surface area contributed by atoms with E-state index in [1.54, 1.807) is 0 Å². The van der Waals surface area contributed by atoms with E-state index in [9.17, 15) is 4.79 Å². The summed E-state index contributed by atoms with van der Waals surface area (Å²) in [6, 6.07) is 8.45. The molecule has 82 valence electrons. The number of carbonyl (C=O) groups is 1. The van der Waals surface area contributed by atoms with Crippen molar-refractivity contribution in [2.75, 3.05) is 0 Å². The molecule has 1 heterocycles.